The minimum atomic E-state index is -0.699. The molecule has 0 aromatic heterocycles. The lowest BCUT2D eigenvalue weighted by Gasteiger charge is -2.29. The number of hydrogen-bond donors (Lipinski definition) is 1. The van der Waals surface area contributed by atoms with Gasteiger partial charge in [0, 0.05) is 13.5 Å². The van der Waals surface area contributed by atoms with Crippen molar-refractivity contribution in [2.45, 2.75) is 19.8 Å². The first kappa shape index (κ1) is 15.2. The Morgan fingerprint density at radius 2 is 1.94 bits per heavy atom. The predicted molar refractivity (Wildman–Crippen MR) is 60.7 cm³/mol. The van der Waals surface area contributed by atoms with Gasteiger partial charge in [0.2, 0.25) is 0 Å². The van der Waals surface area contributed by atoms with Gasteiger partial charge in [-0.05, 0) is 25.9 Å². The van der Waals surface area contributed by atoms with Gasteiger partial charge >= 0.3 is 11.9 Å². The van der Waals surface area contributed by atoms with Crippen molar-refractivity contribution < 1.29 is 19.4 Å². The second-order valence-electron chi connectivity index (χ2n) is 3.79. The van der Waals surface area contributed by atoms with Crippen LogP contribution in [0.2, 0.25) is 0 Å². The van der Waals surface area contributed by atoms with Gasteiger partial charge in [0.15, 0.2) is 0 Å². The molecule has 94 valence electrons. The highest BCUT2D eigenvalue weighted by Gasteiger charge is 2.23. The van der Waals surface area contributed by atoms with Crippen LogP contribution < -0.4 is 0 Å². The molecule has 1 aliphatic heterocycles. The van der Waals surface area contributed by atoms with E-state index in [0.717, 1.165) is 13.1 Å². The summed E-state index contributed by atoms with van der Waals surface area (Å²) in [7, 11) is 0. The van der Waals surface area contributed by atoms with Crippen LogP contribution in [0.25, 0.3) is 0 Å². The number of hydrogen-bond acceptors (Lipinski definition) is 4. The molecule has 1 heterocycles. The summed E-state index contributed by atoms with van der Waals surface area (Å²) in [5.41, 5.74) is 0. The summed E-state index contributed by atoms with van der Waals surface area (Å²) >= 11 is 0. The second-order valence-corrected chi connectivity index (χ2v) is 3.79. The first-order chi connectivity index (χ1) is 7.09. The fraction of sp³-hybridized carbons (Fsp3) is 0.800. The summed E-state index contributed by atoms with van der Waals surface area (Å²) in [6.45, 7) is 4.03. The van der Waals surface area contributed by atoms with E-state index in [1.54, 1.807) is 0 Å². The highest BCUT2D eigenvalue weighted by molar-refractivity contribution is 5.85. The molecule has 0 bridgehead atoms. The van der Waals surface area contributed by atoms with E-state index in [-0.39, 0.29) is 24.3 Å². The average molecular weight is 252 g/mol. The number of carbonyl (C=O) groups excluding carboxylic acids is 1. The maximum absolute atomic E-state index is 10.7. The number of aliphatic carboxylic acids is 1. The van der Waals surface area contributed by atoms with Gasteiger partial charge in [-0.25, -0.2) is 0 Å². The molecule has 5 nitrogen and oxygen atoms in total. The third-order valence-corrected chi connectivity index (χ3v) is 2.65. The number of carbonyl (C=O) groups is 2. The van der Waals surface area contributed by atoms with E-state index in [0.29, 0.717) is 26.0 Å². The molecule has 0 aromatic rings. The summed E-state index contributed by atoms with van der Waals surface area (Å²) in [6, 6.07) is 0. The fourth-order valence-corrected chi connectivity index (χ4v) is 1.72. The van der Waals surface area contributed by atoms with Gasteiger partial charge in [-0.3, -0.25) is 14.5 Å². The van der Waals surface area contributed by atoms with Crippen LogP contribution >= 0.6 is 12.4 Å². The minimum Gasteiger partial charge on any atom is -0.481 e. The van der Waals surface area contributed by atoms with Gasteiger partial charge in [0.25, 0.3) is 0 Å². The van der Waals surface area contributed by atoms with Crippen LogP contribution in [0.5, 0.6) is 0 Å². The Morgan fingerprint density at radius 3 is 2.38 bits per heavy atom. The van der Waals surface area contributed by atoms with E-state index in [1.807, 2.05) is 0 Å². The Kier molecular flexibility index (Phi) is 7.08. The molecule has 0 spiro atoms. The molecule has 1 rings (SSSR count). The maximum Gasteiger partial charge on any atom is 0.306 e. The van der Waals surface area contributed by atoms with Crippen molar-refractivity contribution in [2.24, 2.45) is 5.92 Å². The van der Waals surface area contributed by atoms with Gasteiger partial charge in [0.1, 0.15) is 6.61 Å². The Balaban J connectivity index is 0.00000225. The summed E-state index contributed by atoms with van der Waals surface area (Å²) in [5.74, 6) is -1.17. The molecule has 0 atom stereocenters. The first-order valence-electron chi connectivity index (χ1n) is 5.18. The summed E-state index contributed by atoms with van der Waals surface area (Å²) < 4.78 is 4.82. The third-order valence-electron chi connectivity index (χ3n) is 2.65. The van der Waals surface area contributed by atoms with Crippen molar-refractivity contribution in [3.63, 3.8) is 0 Å². The van der Waals surface area contributed by atoms with Crippen molar-refractivity contribution in [2.75, 3.05) is 26.2 Å². The summed E-state index contributed by atoms with van der Waals surface area (Å²) in [4.78, 5) is 23.3. The van der Waals surface area contributed by atoms with E-state index >= 15 is 0 Å². The van der Waals surface area contributed by atoms with Crippen molar-refractivity contribution in [1.29, 1.82) is 0 Å². The average Bonchev–Trinajstić information content (AvgIpc) is 2.18. The lowest BCUT2D eigenvalue weighted by atomic mass is 9.97. The van der Waals surface area contributed by atoms with Crippen LogP contribution in [0.3, 0.4) is 0 Å². The SMILES string of the molecule is CC(=O)OCCN1CCC(C(=O)O)CC1.Cl. The van der Waals surface area contributed by atoms with E-state index in [9.17, 15) is 9.59 Å². The zero-order valence-electron chi connectivity index (χ0n) is 9.35. The maximum atomic E-state index is 10.7. The number of rotatable bonds is 4. The van der Waals surface area contributed by atoms with Crippen LogP contribution in [-0.4, -0.2) is 48.2 Å². The molecule has 0 aliphatic carbocycles. The van der Waals surface area contributed by atoms with Crippen LogP contribution in [-0.2, 0) is 14.3 Å². The largest absolute Gasteiger partial charge is 0.481 e. The minimum absolute atomic E-state index is 0. The number of likely N-dealkylation sites (tertiary alicyclic amines) is 1. The zero-order valence-corrected chi connectivity index (χ0v) is 10.2. The second kappa shape index (κ2) is 7.46. The molecule has 0 radical (unpaired) electrons. The molecular weight excluding hydrogens is 234 g/mol. The Morgan fingerprint density at radius 1 is 1.38 bits per heavy atom. The number of esters is 1. The standard InChI is InChI=1S/C10H17NO4.ClH/c1-8(12)15-7-6-11-4-2-9(3-5-11)10(13)14;/h9H,2-7H2,1H3,(H,13,14);1H. The van der Waals surface area contributed by atoms with Gasteiger partial charge in [0.05, 0.1) is 5.92 Å². The number of carboxylic acids is 1. The Bertz CT molecular complexity index is 236. The number of piperidine rings is 1. The van der Waals surface area contributed by atoms with Crippen LogP contribution in [0.15, 0.2) is 0 Å². The van der Waals surface area contributed by atoms with Gasteiger partial charge in [-0.15, -0.1) is 12.4 Å². The molecule has 1 fully saturated rings. The normalized spacial score (nSPS) is 17.6. The molecule has 0 aromatic carbocycles. The number of nitrogens with zero attached hydrogens (tertiary/aromatic N) is 1. The van der Waals surface area contributed by atoms with E-state index in [2.05, 4.69) is 4.90 Å². The molecule has 6 heteroatoms. The topological polar surface area (TPSA) is 66.8 Å². The molecule has 0 saturated carbocycles. The highest BCUT2D eigenvalue weighted by Crippen LogP contribution is 2.16. The summed E-state index contributed by atoms with van der Waals surface area (Å²) in [6.07, 6.45) is 1.38. The monoisotopic (exact) mass is 251 g/mol. The smallest absolute Gasteiger partial charge is 0.306 e. The predicted octanol–water partition coefficient (Wildman–Crippen LogP) is 0.768. The zero-order chi connectivity index (χ0) is 11.3. The molecule has 1 aliphatic rings. The fourth-order valence-electron chi connectivity index (χ4n) is 1.72. The third kappa shape index (κ3) is 5.32. The van der Waals surface area contributed by atoms with E-state index < -0.39 is 5.97 Å². The van der Waals surface area contributed by atoms with Gasteiger partial charge in [-0.1, -0.05) is 0 Å². The highest BCUT2D eigenvalue weighted by atomic mass is 35.5. The van der Waals surface area contributed by atoms with Crippen molar-refractivity contribution >= 4 is 24.3 Å². The van der Waals surface area contributed by atoms with Crippen molar-refractivity contribution in [3.05, 3.63) is 0 Å². The number of carboxylic acid groups (broad SMARTS) is 1. The number of ether oxygens (including phenoxy) is 1. The summed E-state index contributed by atoms with van der Waals surface area (Å²) in [5, 5.41) is 8.79. The van der Waals surface area contributed by atoms with Crippen molar-refractivity contribution in [3.8, 4) is 0 Å². The lowest BCUT2D eigenvalue weighted by molar-refractivity contribution is -0.143. The Hall–Kier alpha value is -0.810. The first-order valence-corrected chi connectivity index (χ1v) is 5.18. The van der Waals surface area contributed by atoms with E-state index in [1.165, 1.54) is 6.92 Å². The van der Waals surface area contributed by atoms with Crippen LogP contribution in [0, 0.1) is 5.92 Å². The van der Waals surface area contributed by atoms with Crippen molar-refractivity contribution in [1.82, 2.24) is 4.90 Å². The molecule has 0 amide bonds. The van der Waals surface area contributed by atoms with Crippen LogP contribution in [0.1, 0.15) is 19.8 Å². The lowest BCUT2D eigenvalue weighted by Crippen LogP contribution is -2.38. The molecular formula is C10H18ClNO4. The van der Waals surface area contributed by atoms with Gasteiger partial charge in [-0.2, -0.15) is 0 Å². The van der Waals surface area contributed by atoms with Gasteiger partial charge < -0.3 is 9.84 Å². The number of halogens is 1. The quantitative estimate of drug-likeness (QED) is 0.748. The van der Waals surface area contributed by atoms with Crippen LogP contribution in [0.4, 0.5) is 0 Å². The Labute approximate surface area is 101 Å². The van der Waals surface area contributed by atoms with E-state index in [4.69, 9.17) is 9.84 Å². The molecule has 0 unspecified atom stereocenters. The molecule has 1 N–H and O–H groups in total. The molecule has 16 heavy (non-hydrogen) atoms. The molecule has 1 saturated heterocycles.